The van der Waals surface area contributed by atoms with E-state index in [2.05, 4.69) is 27.7 Å². The number of piperidine rings is 1. The number of nitrogens with zero attached hydrogens (tertiary/aromatic N) is 1. The zero-order valence-electron chi connectivity index (χ0n) is 18.9. The van der Waals surface area contributed by atoms with Crippen LogP contribution in [0, 0.1) is 0 Å². The second kappa shape index (κ2) is 11.4. The summed E-state index contributed by atoms with van der Waals surface area (Å²) in [5, 5.41) is 7.32. The Balaban J connectivity index is 1.28. The zero-order valence-corrected chi connectivity index (χ0v) is 20.4. The highest BCUT2D eigenvalue weighted by molar-refractivity contribution is 6.42. The van der Waals surface area contributed by atoms with Gasteiger partial charge in [0.2, 0.25) is 0 Å². The highest BCUT2D eigenvalue weighted by Gasteiger charge is 2.24. The van der Waals surface area contributed by atoms with Crippen molar-refractivity contribution in [3.05, 3.63) is 57.6 Å². The lowest BCUT2D eigenvalue weighted by atomic mass is 10.1. The third-order valence-electron chi connectivity index (χ3n) is 6.31. The fourth-order valence-corrected chi connectivity index (χ4v) is 4.71. The first-order chi connectivity index (χ1) is 16.0. The maximum atomic E-state index is 12.6. The standard InChI is InChI=1S/C25H31Cl2N3O3/c1-32-23-5-2-17(14-24(23)33-20-6-10-28-11-7-20)8-12-30-13-9-19(16-30)29-25(31)18-3-4-21(26)22(27)15-18/h2-5,14-15,19-20,28H,6-13,16H2,1H3,(H,29,31)/t19-/m0/s1. The molecule has 33 heavy (non-hydrogen) atoms. The monoisotopic (exact) mass is 491 g/mol. The summed E-state index contributed by atoms with van der Waals surface area (Å²) in [7, 11) is 1.68. The van der Waals surface area contributed by atoms with Crippen molar-refractivity contribution in [3.8, 4) is 11.5 Å². The topological polar surface area (TPSA) is 62.8 Å². The zero-order chi connectivity index (χ0) is 23.2. The van der Waals surface area contributed by atoms with Gasteiger partial charge in [0.05, 0.1) is 17.2 Å². The van der Waals surface area contributed by atoms with Gasteiger partial charge in [0.25, 0.3) is 5.91 Å². The molecule has 2 fully saturated rings. The molecule has 2 aromatic rings. The molecular formula is C25H31Cl2N3O3. The first kappa shape index (κ1) is 24.1. The van der Waals surface area contributed by atoms with E-state index < -0.39 is 0 Å². The summed E-state index contributed by atoms with van der Waals surface area (Å²) in [6.45, 7) is 4.70. The summed E-state index contributed by atoms with van der Waals surface area (Å²) < 4.78 is 11.8. The Labute approximate surface area is 205 Å². The van der Waals surface area contributed by atoms with Crippen molar-refractivity contribution in [3.63, 3.8) is 0 Å². The van der Waals surface area contributed by atoms with Gasteiger partial charge in [0.1, 0.15) is 6.10 Å². The number of carbonyl (C=O) groups is 1. The van der Waals surface area contributed by atoms with Gasteiger partial charge in [0, 0.05) is 31.2 Å². The minimum absolute atomic E-state index is 0.115. The van der Waals surface area contributed by atoms with Gasteiger partial charge in [-0.25, -0.2) is 0 Å². The normalized spacial score (nSPS) is 19.4. The molecule has 1 atom stereocenters. The number of ether oxygens (including phenoxy) is 2. The predicted octanol–water partition coefficient (Wildman–Crippen LogP) is 4.18. The van der Waals surface area contributed by atoms with Crippen molar-refractivity contribution in [2.45, 2.75) is 37.8 Å². The SMILES string of the molecule is COc1ccc(CCN2CC[C@H](NC(=O)c3ccc(Cl)c(Cl)c3)C2)cc1OC1CCNCC1. The minimum atomic E-state index is -0.115. The Morgan fingerprint density at radius 2 is 1.91 bits per heavy atom. The first-order valence-corrected chi connectivity index (χ1v) is 12.3. The van der Waals surface area contributed by atoms with Crippen LogP contribution in [0.4, 0.5) is 0 Å². The van der Waals surface area contributed by atoms with Crippen LogP contribution in [0.2, 0.25) is 10.0 Å². The summed E-state index contributed by atoms with van der Waals surface area (Å²) in [5.41, 5.74) is 1.75. The van der Waals surface area contributed by atoms with Crippen LogP contribution in [0.3, 0.4) is 0 Å². The second-order valence-corrected chi connectivity index (χ2v) is 9.51. The van der Waals surface area contributed by atoms with Crippen molar-refractivity contribution < 1.29 is 14.3 Å². The molecule has 0 aliphatic carbocycles. The molecule has 0 unspecified atom stereocenters. The minimum Gasteiger partial charge on any atom is -0.493 e. The number of methoxy groups -OCH3 is 1. The predicted molar refractivity (Wildman–Crippen MR) is 132 cm³/mol. The number of halogens is 2. The summed E-state index contributed by atoms with van der Waals surface area (Å²) >= 11 is 12.0. The van der Waals surface area contributed by atoms with Crippen LogP contribution < -0.4 is 20.1 Å². The summed E-state index contributed by atoms with van der Waals surface area (Å²) in [6.07, 6.45) is 4.10. The molecule has 2 aliphatic rings. The van der Waals surface area contributed by atoms with E-state index in [1.165, 1.54) is 5.56 Å². The molecule has 0 aromatic heterocycles. The average Bonchev–Trinajstić information content (AvgIpc) is 3.27. The van der Waals surface area contributed by atoms with Crippen LogP contribution in [0.15, 0.2) is 36.4 Å². The van der Waals surface area contributed by atoms with E-state index in [-0.39, 0.29) is 18.1 Å². The highest BCUT2D eigenvalue weighted by Crippen LogP contribution is 2.30. The van der Waals surface area contributed by atoms with Gasteiger partial charge >= 0.3 is 0 Å². The van der Waals surface area contributed by atoms with Gasteiger partial charge in [0.15, 0.2) is 11.5 Å². The van der Waals surface area contributed by atoms with E-state index in [9.17, 15) is 4.79 Å². The number of benzene rings is 2. The Bertz CT molecular complexity index is 966. The van der Waals surface area contributed by atoms with Crippen molar-refractivity contribution in [2.75, 3.05) is 39.8 Å². The third-order valence-corrected chi connectivity index (χ3v) is 7.05. The quantitative estimate of drug-likeness (QED) is 0.579. The Hall–Kier alpha value is -1.99. The molecule has 8 heteroatoms. The molecule has 1 amide bonds. The van der Waals surface area contributed by atoms with Crippen LogP contribution in [0.5, 0.6) is 11.5 Å². The molecule has 0 saturated carbocycles. The molecule has 178 valence electrons. The van der Waals surface area contributed by atoms with E-state index >= 15 is 0 Å². The fourth-order valence-electron chi connectivity index (χ4n) is 4.41. The molecule has 0 bridgehead atoms. The number of hydrogen-bond acceptors (Lipinski definition) is 5. The maximum absolute atomic E-state index is 12.6. The second-order valence-electron chi connectivity index (χ2n) is 8.69. The molecule has 6 nitrogen and oxygen atoms in total. The lowest BCUT2D eigenvalue weighted by Gasteiger charge is -2.25. The summed E-state index contributed by atoms with van der Waals surface area (Å²) in [4.78, 5) is 14.9. The molecule has 2 aliphatic heterocycles. The molecule has 2 heterocycles. The Kier molecular flexibility index (Phi) is 8.36. The van der Waals surface area contributed by atoms with Crippen molar-refractivity contribution in [2.24, 2.45) is 0 Å². The number of nitrogens with one attached hydrogen (secondary N) is 2. The van der Waals surface area contributed by atoms with Crippen molar-refractivity contribution in [1.29, 1.82) is 0 Å². The number of rotatable bonds is 8. The molecule has 4 rings (SSSR count). The van der Waals surface area contributed by atoms with Gasteiger partial charge < -0.3 is 25.0 Å². The number of carbonyl (C=O) groups excluding carboxylic acids is 1. The highest BCUT2D eigenvalue weighted by atomic mass is 35.5. The number of hydrogen-bond donors (Lipinski definition) is 2. The third kappa shape index (κ3) is 6.54. The van der Waals surface area contributed by atoms with E-state index in [4.69, 9.17) is 32.7 Å². The lowest BCUT2D eigenvalue weighted by Crippen LogP contribution is -2.37. The number of amides is 1. The summed E-state index contributed by atoms with van der Waals surface area (Å²) in [6, 6.07) is 11.3. The molecule has 2 aromatic carbocycles. The van der Waals surface area contributed by atoms with Crippen molar-refractivity contribution in [1.82, 2.24) is 15.5 Å². The molecular weight excluding hydrogens is 461 g/mol. The number of likely N-dealkylation sites (tertiary alicyclic amines) is 1. The van der Waals surface area contributed by atoms with E-state index in [1.807, 2.05) is 6.07 Å². The Morgan fingerprint density at radius 1 is 1.09 bits per heavy atom. The van der Waals surface area contributed by atoms with Gasteiger partial charge in [-0.05, 0) is 74.7 Å². The van der Waals surface area contributed by atoms with Crippen LogP contribution in [-0.4, -0.2) is 62.8 Å². The molecule has 2 N–H and O–H groups in total. The van der Waals surface area contributed by atoms with Gasteiger partial charge in [-0.3, -0.25) is 4.79 Å². The largest absolute Gasteiger partial charge is 0.493 e. The molecule has 2 saturated heterocycles. The van der Waals surface area contributed by atoms with Crippen LogP contribution in [0.25, 0.3) is 0 Å². The van der Waals surface area contributed by atoms with E-state index in [1.54, 1.807) is 25.3 Å². The summed E-state index contributed by atoms with van der Waals surface area (Å²) in [5.74, 6) is 1.49. The fraction of sp³-hybridized carbons (Fsp3) is 0.480. The average molecular weight is 492 g/mol. The van der Waals surface area contributed by atoms with Crippen LogP contribution in [0.1, 0.15) is 35.2 Å². The smallest absolute Gasteiger partial charge is 0.251 e. The maximum Gasteiger partial charge on any atom is 0.251 e. The van der Waals surface area contributed by atoms with E-state index in [0.717, 1.165) is 69.9 Å². The van der Waals surface area contributed by atoms with E-state index in [0.29, 0.717) is 15.6 Å². The van der Waals surface area contributed by atoms with Crippen LogP contribution >= 0.6 is 23.2 Å². The Morgan fingerprint density at radius 3 is 2.67 bits per heavy atom. The van der Waals surface area contributed by atoms with Crippen LogP contribution in [-0.2, 0) is 6.42 Å². The molecule has 0 spiro atoms. The van der Waals surface area contributed by atoms with Gasteiger partial charge in [-0.2, -0.15) is 0 Å². The van der Waals surface area contributed by atoms with Gasteiger partial charge in [-0.1, -0.05) is 29.3 Å². The van der Waals surface area contributed by atoms with Gasteiger partial charge in [-0.15, -0.1) is 0 Å². The lowest BCUT2D eigenvalue weighted by molar-refractivity contribution is 0.0937. The van der Waals surface area contributed by atoms with Crippen molar-refractivity contribution >= 4 is 29.1 Å². The molecule has 0 radical (unpaired) electrons. The first-order valence-electron chi connectivity index (χ1n) is 11.5.